The maximum Gasteiger partial charge on any atom is 0.280 e. The van der Waals surface area contributed by atoms with E-state index in [2.05, 4.69) is 20.3 Å². The smallest absolute Gasteiger partial charge is 0.280 e. The van der Waals surface area contributed by atoms with Crippen LogP contribution in [0, 0.1) is 6.92 Å². The summed E-state index contributed by atoms with van der Waals surface area (Å²) < 4.78 is 6.43. The average molecular weight is 495 g/mol. The number of aromatic amines is 1. The standard InChI is InChI=1S/C20H14Cl3N5O2S/c1-10-14(19(29)28(27-10)17-15(22)7-12(21)8-16(17)23)9-24-20-26-25-18(31-20)11-3-5-13(30-2)6-4-11/h3-9,27H,1-2H3/b24-9+. The van der Waals surface area contributed by atoms with E-state index < -0.39 is 0 Å². The number of hydrogen-bond donors (Lipinski definition) is 1. The number of nitrogens with one attached hydrogen (secondary N) is 1. The van der Waals surface area contributed by atoms with Crippen molar-refractivity contribution in [3.05, 3.63) is 73.1 Å². The summed E-state index contributed by atoms with van der Waals surface area (Å²) in [6.45, 7) is 1.75. The number of aryl methyl sites for hydroxylation is 1. The summed E-state index contributed by atoms with van der Waals surface area (Å²) in [7, 11) is 1.61. The number of methoxy groups -OCH3 is 1. The van der Waals surface area contributed by atoms with E-state index in [1.807, 2.05) is 24.3 Å². The Balaban J connectivity index is 1.64. The molecule has 0 saturated heterocycles. The number of aliphatic imine (C=N–C) groups is 1. The Kier molecular flexibility index (Phi) is 6.15. The van der Waals surface area contributed by atoms with Crippen LogP contribution in [-0.4, -0.2) is 33.3 Å². The second kappa shape index (κ2) is 8.84. The van der Waals surface area contributed by atoms with Crippen LogP contribution in [-0.2, 0) is 0 Å². The van der Waals surface area contributed by atoms with Crippen LogP contribution in [0.2, 0.25) is 15.1 Å². The SMILES string of the molecule is COc1ccc(-c2nnc(/N=C/c3c(C)[nH]n(-c4c(Cl)cc(Cl)cc4Cl)c3=O)s2)cc1. The van der Waals surface area contributed by atoms with E-state index in [1.165, 1.54) is 34.4 Å². The zero-order valence-corrected chi connectivity index (χ0v) is 19.3. The average Bonchev–Trinajstić information content (AvgIpc) is 3.31. The van der Waals surface area contributed by atoms with Crippen molar-refractivity contribution in [1.29, 1.82) is 0 Å². The Morgan fingerprint density at radius 3 is 2.45 bits per heavy atom. The first-order valence-corrected chi connectivity index (χ1v) is 10.8. The molecule has 4 aromatic rings. The van der Waals surface area contributed by atoms with Crippen molar-refractivity contribution in [2.75, 3.05) is 7.11 Å². The molecule has 0 fully saturated rings. The summed E-state index contributed by atoms with van der Waals surface area (Å²) in [5.41, 5.74) is 1.80. The molecule has 1 N–H and O–H groups in total. The van der Waals surface area contributed by atoms with Gasteiger partial charge < -0.3 is 4.74 Å². The van der Waals surface area contributed by atoms with Crippen LogP contribution in [0.3, 0.4) is 0 Å². The number of ether oxygens (including phenoxy) is 1. The third kappa shape index (κ3) is 4.38. The number of nitrogens with zero attached hydrogens (tertiary/aromatic N) is 4. The van der Waals surface area contributed by atoms with E-state index in [9.17, 15) is 4.79 Å². The van der Waals surface area contributed by atoms with Gasteiger partial charge in [0.25, 0.3) is 5.56 Å². The molecule has 0 aliphatic heterocycles. The minimum atomic E-state index is -0.354. The van der Waals surface area contributed by atoms with Gasteiger partial charge in [-0.15, -0.1) is 10.2 Å². The first-order chi connectivity index (χ1) is 14.9. The van der Waals surface area contributed by atoms with Gasteiger partial charge in [0.05, 0.1) is 22.7 Å². The summed E-state index contributed by atoms with van der Waals surface area (Å²) >= 11 is 19.8. The number of rotatable bonds is 5. The van der Waals surface area contributed by atoms with Crippen molar-refractivity contribution < 1.29 is 4.74 Å². The van der Waals surface area contributed by atoms with E-state index >= 15 is 0 Å². The lowest BCUT2D eigenvalue weighted by atomic mass is 10.2. The van der Waals surface area contributed by atoms with Crippen molar-refractivity contribution >= 4 is 57.5 Å². The molecule has 11 heteroatoms. The lowest BCUT2D eigenvalue weighted by molar-refractivity contribution is 0.415. The lowest BCUT2D eigenvalue weighted by Gasteiger charge is -2.07. The fourth-order valence-electron chi connectivity index (χ4n) is 2.85. The van der Waals surface area contributed by atoms with Crippen molar-refractivity contribution in [1.82, 2.24) is 20.0 Å². The number of hydrogen-bond acceptors (Lipinski definition) is 6. The summed E-state index contributed by atoms with van der Waals surface area (Å²) in [5.74, 6) is 0.756. The largest absolute Gasteiger partial charge is 0.497 e. The Labute approximate surface area is 195 Å². The fraction of sp³-hybridized carbons (Fsp3) is 0.100. The molecule has 0 bridgehead atoms. The third-order valence-corrected chi connectivity index (χ3v) is 6.05. The zero-order chi connectivity index (χ0) is 22.1. The van der Waals surface area contributed by atoms with Crippen LogP contribution in [0.25, 0.3) is 16.3 Å². The van der Waals surface area contributed by atoms with E-state index in [1.54, 1.807) is 14.0 Å². The third-order valence-electron chi connectivity index (χ3n) is 4.38. The van der Waals surface area contributed by atoms with Gasteiger partial charge in [-0.2, -0.15) is 0 Å². The molecule has 31 heavy (non-hydrogen) atoms. The number of halogens is 3. The highest BCUT2D eigenvalue weighted by molar-refractivity contribution is 7.18. The molecule has 2 aromatic carbocycles. The fourth-order valence-corrected chi connectivity index (χ4v) is 4.54. The predicted molar refractivity (Wildman–Crippen MR) is 125 cm³/mol. The molecule has 0 atom stereocenters. The van der Waals surface area contributed by atoms with Gasteiger partial charge in [-0.1, -0.05) is 46.1 Å². The molecular weight excluding hydrogens is 481 g/mol. The summed E-state index contributed by atoms with van der Waals surface area (Å²) in [6.07, 6.45) is 1.45. The van der Waals surface area contributed by atoms with Gasteiger partial charge in [-0.05, 0) is 43.3 Å². The molecule has 4 rings (SSSR count). The number of H-pyrrole nitrogens is 1. The molecule has 2 heterocycles. The maximum absolute atomic E-state index is 12.9. The van der Waals surface area contributed by atoms with Crippen LogP contribution in [0.5, 0.6) is 5.75 Å². The Hall–Kier alpha value is -2.65. The summed E-state index contributed by atoms with van der Waals surface area (Å²) in [4.78, 5) is 17.3. The Morgan fingerprint density at radius 2 is 1.81 bits per heavy atom. The van der Waals surface area contributed by atoms with Crippen LogP contribution in [0.15, 0.2) is 46.2 Å². The van der Waals surface area contributed by atoms with E-state index in [0.29, 0.717) is 32.1 Å². The molecule has 2 aromatic heterocycles. The normalized spacial score (nSPS) is 11.4. The molecule has 0 unspecified atom stereocenters. The highest BCUT2D eigenvalue weighted by atomic mass is 35.5. The predicted octanol–water partition coefficient (Wildman–Crippen LogP) is 5.71. The van der Waals surface area contributed by atoms with Gasteiger partial charge in [-0.3, -0.25) is 9.89 Å². The van der Waals surface area contributed by atoms with Gasteiger partial charge >= 0.3 is 0 Å². The Bertz CT molecular complexity index is 1320. The quantitative estimate of drug-likeness (QED) is 0.360. The lowest BCUT2D eigenvalue weighted by Crippen LogP contribution is -2.18. The van der Waals surface area contributed by atoms with Crippen molar-refractivity contribution in [2.45, 2.75) is 6.92 Å². The van der Waals surface area contributed by atoms with Crippen molar-refractivity contribution in [3.63, 3.8) is 0 Å². The second-order valence-electron chi connectivity index (χ2n) is 6.39. The molecule has 0 aliphatic carbocycles. The highest BCUT2D eigenvalue weighted by Crippen LogP contribution is 2.32. The van der Waals surface area contributed by atoms with Gasteiger partial charge in [-0.25, -0.2) is 9.67 Å². The molecular formula is C20H14Cl3N5O2S. The van der Waals surface area contributed by atoms with Crippen molar-refractivity contribution in [2.24, 2.45) is 4.99 Å². The minimum Gasteiger partial charge on any atom is -0.497 e. The Morgan fingerprint density at radius 1 is 1.13 bits per heavy atom. The molecule has 0 amide bonds. The molecule has 0 saturated carbocycles. The maximum atomic E-state index is 12.9. The minimum absolute atomic E-state index is 0.248. The van der Waals surface area contributed by atoms with Gasteiger partial charge in [0, 0.05) is 22.5 Å². The van der Waals surface area contributed by atoms with E-state index in [-0.39, 0.29) is 15.6 Å². The van der Waals surface area contributed by atoms with Gasteiger partial charge in [0.1, 0.15) is 16.4 Å². The first kappa shape index (κ1) is 21.6. The van der Waals surface area contributed by atoms with Crippen molar-refractivity contribution in [3.8, 4) is 22.0 Å². The van der Waals surface area contributed by atoms with Gasteiger partial charge in [0.2, 0.25) is 5.13 Å². The van der Waals surface area contributed by atoms with Crippen LogP contribution < -0.4 is 10.3 Å². The zero-order valence-electron chi connectivity index (χ0n) is 16.2. The summed E-state index contributed by atoms with van der Waals surface area (Å²) in [5, 5.41) is 13.2. The van der Waals surface area contributed by atoms with Crippen LogP contribution in [0.4, 0.5) is 5.13 Å². The van der Waals surface area contributed by atoms with Crippen LogP contribution in [0.1, 0.15) is 11.3 Å². The highest BCUT2D eigenvalue weighted by Gasteiger charge is 2.17. The van der Waals surface area contributed by atoms with Crippen LogP contribution >= 0.6 is 46.1 Å². The molecule has 158 valence electrons. The summed E-state index contributed by atoms with van der Waals surface area (Å²) in [6, 6.07) is 10.5. The first-order valence-electron chi connectivity index (χ1n) is 8.86. The van der Waals surface area contributed by atoms with Gasteiger partial charge in [0.15, 0.2) is 0 Å². The van der Waals surface area contributed by atoms with E-state index in [0.717, 1.165) is 11.3 Å². The molecule has 0 radical (unpaired) electrons. The molecule has 0 aliphatic rings. The number of benzene rings is 2. The molecule has 0 spiro atoms. The monoisotopic (exact) mass is 493 g/mol. The molecule has 7 nitrogen and oxygen atoms in total. The van der Waals surface area contributed by atoms with E-state index in [4.69, 9.17) is 39.5 Å². The number of aromatic nitrogens is 4. The topological polar surface area (TPSA) is 85.2 Å². The second-order valence-corrected chi connectivity index (χ2v) is 8.59.